The van der Waals surface area contributed by atoms with E-state index in [9.17, 15) is 9.50 Å². The summed E-state index contributed by atoms with van der Waals surface area (Å²) in [5.74, 6) is -0.280. The van der Waals surface area contributed by atoms with Gasteiger partial charge in [-0.1, -0.05) is 30.3 Å². The van der Waals surface area contributed by atoms with E-state index in [1.807, 2.05) is 37.4 Å². The highest BCUT2D eigenvalue weighted by molar-refractivity contribution is 5.44. The third kappa shape index (κ3) is 3.80. The van der Waals surface area contributed by atoms with Crippen molar-refractivity contribution < 1.29 is 9.50 Å². The van der Waals surface area contributed by atoms with E-state index in [0.717, 1.165) is 17.8 Å². The molecule has 1 atom stereocenters. The minimum absolute atomic E-state index is 0.280. The highest BCUT2D eigenvalue weighted by Crippen LogP contribution is 2.19. The van der Waals surface area contributed by atoms with Crippen molar-refractivity contribution in [2.24, 2.45) is 0 Å². The first kappa shape index (κ1) is 13.6. The fourth-order valence-electron chi connectivity index (χ4n) is 1.98. The maximum Gasteiger partial charge on any atom is 0.123 e. The molecule has 2 rings (SSSR count). The number of benzene rings is 2. The Balaban J connectivity index is 1.90. The molecule has 1 N–H and O–H groups in total. The Morgan fingerprint density at radius 1 is 1.05 bits per heavy atom. The van der Waals surface area contributed by atoms with Crippen molar-refractivity contribution in [2.75, 3.05) is 18.5 Å². The molecule has 2 nitrogen and oxygen atoms in total. The standard InChI is InChI=1S/C16H18FNO/c1-18(15-5-3-2-4-6-15)12-11-16(19)13-7-9-14(17)10-8-13/h2-10,16,19H,11-12H2,1H3. The second kappa shape index (κ2) is 6.34. The fourth-order valence-corrected chi connectivity index (χ4v) is 1.98. The molecule has 0 aliphatic carbocycles. The highest BCUT2D eigenvalue weighted by atomic mass is 19.1. The molecule has 2 aromatic rings. The van der Waals surface area contributed by atoms with Crippen LogP contribution < -0.4 is 4.90 Å². The van der Waals surface area contributed by atoms with Crippen molar-refractivity contribution in [2.45, 2.75) is 12.5 Å². The van der Waals surface area contributed by atoms with Gasteiger partial charge in [0.2, 0.25) is 0 Å². The average molecular weight is 259 g/mol. The molecule has 0 bridgehead atoms. The van der Waals surface area contributed by atoms with Crippen molar-refractivity contribution in [3.8, 4) is 0 Å². The van der Waals surface area contributed by atoms with E-state index in [1.165, 1.54) is 12.1 Å². The second-order valence-electron chi connectivity index (χ2n) is 4.61. The maximum absolute atomic E-state index is 12.8. The van der Waals surface area contributed by atoms with E-state index in [0.29, 0.717) is 6.42 Å². The third-order valence-electron chi connectivity index (χ3n) is 3.19. The molecule has 0 amide bonds. The van der Waals surface area contributed by atoms with Gasteiger partial charge in [0.15, 0.2) is 0 Å². The number of hydrogen-bond acceptors (Lipinski definition) is 2. The van der Waals surface area contributed by atoms with Crippen LogP contribution in [0, 0.1) is 5.82 Å². The van der Waals surface area contributed by atoms with Crippen LogP contribution in [0.5, 0.6) is 0 Å². The quantitative estimate of drug-likeness (QED) is 0.889. The van der Waals surface area contributed by atoms with Gasteiger partial charge < -0.3 is 10.0 Å². The van der Waals surface area contributed by atoms with Gasteiger partial charge in [0.25, 0.3) is 0 Å². The van der Waals surface area contributed by atoms with Crippen LogP contribution in [0.25, 0.3) is 0 Å². The predicted molar refractivity (Wildman–Crippen MR) is 75.7 cm³/mol. The van der Waals surface area contributed by atoms with Crippen LogP contribution in [0.1, 0.15) is 18.1 Å². The lowest BCUT2D eigenvalue weighted by molar-refractivity contribution is 0.169. The molecule has 0 aliphatic heterocycles. The topological polar surface area (TPSA) is 23.5 Å². The van der Waals surface area contributed by atoms with Crippen molar-refractivity contribution >= 4 is 5.69 Å². The molecule has 3 heteroatoms. The average Bonchev–Trinajstić information content (AvgIpc) is 2.46. The fraction of sp³-hybridized carbons (Fsp3) is 0.250. The minimum Gasteiger partial charge on any atom is -0.388 e. The van der Waals surface area contributed by atoms with E-state index in [2.05, 4.69) is 4.90 Å². The Kier molecular flexibility index (Phi) is 4.53. The second-order valence-corrected chi connectivity index (χ2v) is 4.61. The normalized spacial score (nSPS) is 12.2. The Morgan fingerprint density at radius 3 is 2.32 bits per heavy atom. The number of nitrogens with zero attached hydrogens (tertiary/aromatic N) is 1. The summed E-state index contributed by atoms with van der Waals surface area (Å²) >= 11 is 0. The first-order valence-corrected chi connectivity index (χ1v) is 6.36. The summed E-state index contributed by atoms with van der Waals surface area (Å²) < 4.78 is 12.8. The van der Waals surface area contributed by atoms with Gasteiger partial charge in [0, 0.05) is 19.3 Å². The smallest absolute Gasteiger partial charge is 0.123 e. The number of aliphatic hydroxyl groups is 1. The zero-order valence-electron chi connectivity index (χ0n) is 11.0. The summed E-state index contributed by atoms with van der Waals surface area (Å²) in [7, 11) is 1.99. The molecule has 0 fully saturated rings. The summed E-state index contributed by atoms with van der Waals surface area (Å²) in [6.07, 6.45) is 0.0450. The van der Waals surface area contributed by atoms with Crippen LogP contribution in [0.4, 0.5) is 10.1 Å². The molecular formula is C16H18FNO. The van der Waals surface area contributed by atoms with Gasteiger partial charge in [-0.05, 0) is 36.2 Å². The Labute approximate surface area is 113 Å². The molecule has 0 aliphatic rings. The molecule has 0 radical (unpaired) electrons. The van der Waals surface area contributed by atoms with Gasteiger partial charge in [0.1, 0.15) is 5.82 Å². The number of para-hydroxylation sites is 1. The summed E-state index contributed by atoms with van der Waals surface area (Å²) in [6, 6.07) is 16.0. The zero-order chi connectivity index (χ0) is 13.7. The summed E-state index contributed by atoms with van der Waals surface area (Å²) in [6.45, 7) is 0.739. The lowest BCUT2D eigenvalue weighted by atomic mass is 10.1. The summed E-state index contributed by atoms with van der Waals surface area (Å²) in [4.78, 5) is 2.09. The van der Waals surface area contributed by atoms with Crippen LogP contribution in [-0.2, 0) is 0 Å². The van der Waals surface area contributed by atoms with Crippen LogP contribution in [-0.4, -0.2) is 18.7 Å². The maximum atomic E-state index is 12.8. The van der Waals surface area contributed by atoms with Crippen molar-refractivity contribution in [1.82, 2.24) is 0 Å². The van der Waals surface area contributed by atoms with E-state index >= 15 is 0 Å². The zero-order valence-corrected chi connectivity index (χ0v) is 11.0. The van der Waals surface area contributed by atoms with E-state index in [4.69, 9.17) is 0 Å². The predicted octanol–water partition coefficient (Wildman–Crippen LogP) is 3.39. The van der Waals surface area contributed by atoms with Crippen LogP contribution in [0.3, 0.4) is 0 Å². The molecule has 0 heterocycles. The molecular weight excluding hydrogens is 241 g/mol. The number of hydrogen-bond donors (Lipinski definition) is 1. The molecule has 0 saturated heterocycles. The number of halogens is 1. The van der Waals surface area contributed by atoms with Gasteiger partial charge in [-0.25, -0.2) is 4.39 Å². The molecule has 19 heavy (non-hydrogen) atoms. The van der Waals surface area contributed by atoms with Crippen LogP contribution in [0.15, 0.2) is 54.6 Å². The molecule has 1 unspecified atom stereocenters. The Hall–Kier alpha value is -1.87. The molecule has 2 aromatic carbocycles. The molecule has 0 saturated carbocycles. The third-order valence-corrected chi connectivity index (χ3v) is 3.19. The van der Waals surface area contributed by atoms with Gasteiger partial charge in [-0.2, -0.15) is 0 Å². The first-order valence-electron chi connectivity index (χ1n) is 6.36. The van der Waals surface area contributed by atoms with Crippen molar-refractivity contribution in [3.05, 3.63) is 66.0 Å². The van der Waals surface area contributed by atoms with E-state index in [1.54, 1.807) is 12.1 Å². The number of anilines is 1. The van der Waals surface area contributed by atoms with Gasteiger partial charge in [0.05, 0.1) is 6.10 Å². The van der Waals surface area contributed by atoms with Crippen molar-refractivity contribution in [1.29, 1.82) is 0 Å². The van der Waals surface area contributed by atoms with Gasteiger partial charge in [-0.15, -0.1) is 0 Å². The van der Waals surface area contributed by atoms with Crippen LogP contribution in [0.2, 0.25) is 0 Å². The van der Waals surface area contributed by atoms with Gasteiger partial charge in [-0.3, -0.25) is 0 Å². The summed E-state index contributed by atoms with van der Waals surface area (Å²) in [5, 5.41) is 10.1. The monoisotopic (exact) mass is 259 g/mol. The number of rotatable bonds is 5. The SMILES string of the molecule is CN(CCC(O)c1ccc(F)cc1)c1ccccc1. The Bertz CT molecular complexity index is 498. The number of aliphatic hydroxyl groups excluding tert-OH is 1. The molecule has 0 aromatic heterocycles. The highest BCUT2D eigenvalue weighted by Gasteiger charge is 2.09. The van der Waals surface area contributed by atoms with Gasteiger partial charge >= 0.3 is 0 Å². The Morgan fingerprint density at radius 2 is 1.68 bits per heavy atom. The van der Waals surface area contributed by atoms with E-state index < -0.39 is 6.10 Å². The first-order chi connectivity index (χ1) is 9.16. The van der Waals surface area contributed by atoms with Crippen molar-refractivity contribution in [3.63, 3.8) is 0 Å². The molecule has 0 spiro atoms. The lowest BCUT2D eigenvalue weighted by Gasteiger charge is -2.21. The summed E-state index contributed by atoms with van der Waals surface area (Å²) in [5.41, 5.74) is 1.87. The van der Waals surface area contributed by atoms with Crippen LogP contribution >= 0.6 is 0 Å². The van der Waals surface area contributed by atoms with E-state index in [-0.39, 0.29) is 5.82 Å². The lowest BCUT2D eigenvalue weighted by Crippen LogP contribution is -2.20. The largest absolute Gasteiger partial charge is 0.388 e. The minimum atomic E-state index is -0.563. The molecule has 100 valence electrons.